The van der Waals surface area contributed by atoms with Crippen LogP contribution in [0.1, 0.15) is 23.2 Å². The number of Topliss-reactive ketones (excluding diaryl/α,β-unsaturated/α-hetero) is 2. The van der Waals surface area contributed by atoms with Crippen LogP contribution in [0.2, 0.25) is 0 Å². The molecule has 7 heteroatoms. The van der Waals surface area contributed by atoms with Crippen molar-refractivity contribution in [3.63, 3.8) is 0 Å². The van der Waals surface area contributed by atoms with E-state index in [0.29, 0.717) is 17.7 Å². The average Bonchev–Trinajstić information content (AvgIpc) is 3.30. The van der Waals surface area contributed by atoms with Crippen LogP contribution >= 0.6 is 11.8 Å². The summed E-state index contributed by atoms with van der Waals surface area (Å²) in [4.78, 5) is 25.1. The zero-order valence-electron chi connectivity index (χ0n) is 12.2. The van der Waals surface area contributed by atoms with Crippen molar-refractivity contribution in [1.82, 2.24) is 0 Å². The molecule has 1 fully saturated rings. The molecule has 5 nitrogen and oxygen atoms in total. The van der Waals surface area contributed by atoms with Crippen molar-refractivity contribution in [3.8, 4) is 6.07 Å². The van der Waals surface area contributed by atoms with Crippen LogP contribution in [0.4, 0.5) is 0 Å². The molecule has 0 amide bonds. The van der Waals surface area contributed by atoms with Gasteiger partial charge in [-0.1, -0.05) is 0 Å². The molecule has 0 radical (unpaired) electrons. The first kappa shape index (κ1) is 16.7. The standard InChI is InChI=1S/C15H15NO4S2/c1-21-10-5-6-11(13(7-10)22(2,19)20)15(18)12(8-16)14(17)9-3-4-9/h5-7,9,12H,3-4H2,1-2H3. The van der Waals surface area contributed by atoms with Gasteiger partial charge in [0.1, 0.15) is 0 Å². The molecule has 0 N–H and O–H groups in total. The summed E-state index contributed by atoms with van der Waals surface area (Å²) in [5.74, 6) is -2.79. The Labute approximate surface area is 133 Å². The number of hydrogen-bond donors (Lipinski definition) is 0. The Bertz CT molecular complexity index is 773. The van der Waals surface area contributed by atoms with Crippen LogP contribution < -0.4 is 0 Å². The number of ketones is 2. The number of carbonyl (C=O) groups excluding carboxylic acids is 2. The van der Waals surface area contributed by atoms with Crippen molar-refractivity contribution in [3.05, 3.63) is 23.8 Å². The monoisotopic (exact) mass is 337 g/mol. The fraction of sp³-hybridized carbons (Fsp3) is 0.400. The summed E-state index contributed by atoms with van der Waals surface area (Å²) < 4.78 is 23.8. The van der Waals surface area contributed by atoms with Crippen LogP contribution in [0, 0.1) is 23.2 Å². The molecule has 1 aliphatic carbocycles. The molecule has 22 heavy (non-hydrogen) atoms. The van der Waals surface area contributed by atoms with E-state index in [1.807, 2.05) is 0 Å². The lowest BCUT2D eigenvalue weighted by atomic mass is 9.92. The lowest BCUT2D eigenvalue weighted by molar-refractivity contribution is -0.121. The highest BCUT2D eigenvalue weighted by molar-refractivity contribution is 7.98. The summed E-state index contributed by atoms with van der Waals surface area (Å²) in [5, 5.41) is 9.15. The topological polar surface area (TPSA) is 92.1 Å². The number of thioether (sulfide) groups is 1. The van der Waals surface area contributed by atoms with Crippen molar-refractivity contribution >= 4 is 33.2 Å². The summed E-state index contributed by atoms with van der Waals surface area (Å²) in [7, 11) is -3.64. The molecule has 2 rings (SSSR count). The number of carbonyl (C=O) groups is 2. The third-order valence-electron chi connectivity index (χ3n) is 3.51. The first-order valence-electron chi connectivity index (χ1n) is 6.65. The van der Waals surface area contributed by atoms with Gasteiger partial charge in [-0.2, -0.15) is 5.26 Å². The predicted molar refractivity (Wildman–Crippen MR) is 82.5 cm³/mol. The molecular weight excluding hydrogens is 322 g/mol. The Morgan fingerprint density at radius 2 is 2.00 bits per heavy atom. The maximum Gasteiger partial charge on any atom is 0.188 e. The smallest absolute Gasteiger partial charge is 0.188 e. The van der Waals surface area contributed by atoms with Crippen LogP contribution in [0.3, 0.4) is 0 Å². The molecule has 116 valence electrons. The van der Waals surface area contributed by atoms with Crippen molar-refractivity contribution in [2.45, 2.75) is 22.6 Å². The maximum atomic E-state index is 12.5. The molecular formula is C15H15NO4S2. The van der Waals surface area contributed by atoms with Gasteiger partial charge in [-0.3, -0.25) is 9.59 Å². The number of hydrogen-bond acceptors (Lipinski definition) is 6. The van der Waals surface area contributed by atoms with Gasteiger partial charge in [-0.25, -0.2) is 8.42 Å². The molecule has 0 bridgehead atoms. The fourth-order valence-electron chi connectivity index (χ4n) is 2.15. The SMILES string of the molecule is CSc1ccc(C(=O)C(C#N)C(=O)C2CC2)c(S(C)(=O)=O)c1. The highest BCUT2D eigenvalue weighted by Crippen LogP contribution is 2.34. The zero-order valence-corrected chi connectivity index (χ0v) is 13.8. The normalized spacial score (nSPS) is 15.9. The van der Waals surface area contributed by atoms with Crippen molar-refractivity contribution < 1.29 is 18.0 Å². The van der Waals surface area contributed by atoms with E-state index in [4.69, 9.17) is 5.26 Å². The number of nitriles is 1. The van der Waals surface area contributed by atoms with E-state index in [-0.39, 0.29) is 16.4 Å². The van der Waals surface area contributed by atoms with Gasteiger partial charge in [-0.05, 0) is 37.3 Å². The van der Waals surface area contributed by atoms with Gasteiger partial charge < -0.3 is 0 Å². The average molecular weight is 337 g/mol. The van der Waals surface area contributed by atoms with Gasteiger partial charge in [0.15, 0.2) is 27.3 Å². The quantitative estimate of drug-likeness (QED) is 0.448. The number of nitrogens with zero attached hydrogens (tertiary/aromatic N) is 1. The van der Waals surface area contributed by atoms with E-state index < -0.39 is 27.3 Å². The lowest BCUT2D eigenvalue weighted by Gasteiger charge is -2.11. The molecule has 0 heterocycles. The van der Waals surface area contributed by atoms with Gasteiger partial charge >= 0.3 is 0 Å². The van der Waals surface area contributed by atoms with Gasteiger partial charge in [0.25, 0.3) is 0 Å². The molecule has 1 aromatic rings. The van der Waals surface area contributed by atoms with Gasteiger partial charge in [-0.15, -0.1) is 11.8 Å². The summed E-state index contributed by atoms with van der Waals surface area (Å²) in [6.07, 6.45) is 4.17. The zero-order chi connectivity index (χ0) is 16.5. The Kier molecular flexibility index (Phi) is 4.73. The lowest BCUT2D eigenvalue weighted by Crippen LogP contribution is -2.25. The molecule has 1 aromatic carbocycles. The highest BCUT2D eigenvalue weighted by atomic mass is 32.2. The third-order valence-corrected chi connectivity index (χ3v) is 5.37. The first-order chi connectivity index (χ1) is 10.3. The van der Waals surface area contributed by atoms with Crippen molar-refractivity contribution in [1.29, 1.82) is 5.26 Å². The molecule has 1 saturated carbocycles. The van der Waals surface area contributed by atoms with E-state index in [9.17, 15) is 18.0 Å². The number of benzene rings is 1. The fourth-order valence-corrected chi connectivity index (χ4v) is 3.57. The number of rotatable bonds is 6. The van der Waals surface area contributed by atoms with Crippen LogP contribution in [0.25, 0.3) is 0 Å². The maximum absolute atomic E-state index is 12.5. The van der Waals surface area contributed by atoms with Gasteiger partial charge in [0, 0.05) is 22.6 Å². The van der Waals surface area contributed by atoms with Crippen LogP contribution in [-0.4, -0.2) is 32.5 Å². The minimum Gasteiger partial charge on any atom is -0.297 e. The minimum atomic E-state index is -3.64. The second kappa shape index (κ2) is 6.23. The van der Waals surface area contributed by atoms with Crippen LogP contribution in [0.5, 0.6) is 0 Å². The minimum absolute atomic E-state index is 0.0825. The van der Waals surface area contributed by atoms with Crippen molar-refractivity contribution in [2.75, 3.05) is 12.5 Å². The molecule has 1 unspecified atom stereocenters. The van der Waals surface area contributed by atoms with E-state index in [1.165, 1.54) is 23.9 Å². The predicted octanol–water partition coefficient (Wildman–Crippen LogP) is 2.11. The summed E-state index contributed by atoms with van der Waals surface area (Å²) >= 11 is 1.35. The van der Waals surface area contributed by atoms with Crippen molar-refractivity contribution in [2.24, 2.45) is 11.8 Å². The van der Waals surface area contributed by atoms with E-state index in [2.05, 4.69) is 0 Å². The van der Waals surface area contributed by atoms with E-state index in [0.717, 1.165) is 6.26 Å². The Hall–Kier alpha value is -1.65. The molecule has 0 aliphatic heterocycles. The van der Waals surface area contributed by atoms with Gasteiger partial charge in [0.05, 0.1) is 11.0 Å². The molecule has 1 aliphatic rings. The Morgan fingerprint density at radius 1 is 1.36 bits per heavy atom. The molecule has 1 atom stereocenters. The highest BCUT2D eigenvalue weighted by Gasteiger charge is 2.39. The molecule has 0 aromatic heterocycles. The first-order valence-corrected chi connectivity index (χ1v) is 9.77. The number of sulfone groups is 1. The van der Waals surface area contributed by atoms with E-state index >= 15 is 0 Å². The molecule has 0 spiro atoms. The van der Waals surface area contributed by atoms with Crippen LogP contribution in [-0.2, 0) is 14.6 Å². The second-order valence-corrected chi connectivity index (χ2v) is 8.10. The summed E-state index contributed by atoms with van der Waals surface area (Å²) in [5.41, 5.74) is -0.0825. The van der Waals surface area contributed by atoms with Crippen LogP contribution in [0.15, 0.2) is 28.0 Å². The second-order valence-electron chi connectivity index (χ2n) is 5.24. The molecule has 0 saturated heterocycles. The Balaban J connectivity index is 2.49. The summed E-state index contributed by atoms with van der Waals surface area (Å²) in [6.45, 7) is 0. The van der Waals surface area contributed by atoms with E-state index in [1.54, 1.807) is 18.4 Å². The van der Waals surface area contributed by atoms with Gasteiger partial charge in [0.2, 0.25) is 0 Å². The third kappa shape index (κ3) is 3.39. The Morgan fingerprint density at radius 3 is 2.45 bits per heavy atom. The largest absolute Gasteiger partial charge is 0.297 e. The summed E-state index contributed by atoms with van der Waals surface area (Å²) in [6, 6.07) is 6.13.